The van der Waals surface area contributed by atoms with Crippen molar-refractivity contribution in [2.24, 2.45) is 16.7 Å². The van der Waals surface area contributed by atoms with Crippen LogP contribution in [0.1, 0.15) is 33.1 Å². The van der Waals surface area contributed by atoms with E-state index in [9.17, 15) is 4.79 Å². The first-order valence-corrected chi connectivity index (χ1v) is 5.84. The van der Waals surface area contributed by atoms with E-state index in [-0.39, 0.29) is 16.9 Å². The Morgan fingerprint density at radius 3 is 2.73 bits per heavy atom. The first-order chi connectivity index (χ1) is 7.00. The molecule has 2 aliphatic carbocycles. The van der Waals surface area contributed by atoms with Gasteiger partial charge in [0.15, 0.2) is 0 Å². The molecule has 1 heterocycles. The number of methoxy groups -OCH3 is 1. The highest BCUT2D eigenvalue weighted by Gasteiger charge is 2.77. The Bertz CT molecular complexity index is 343. The smallest absolute Gasteiger partial charge is 0.326 e. The quantitative estimate of drug-likeness (QED) is 0.662. The molecule has 0 aromatic carbocycles. The Labute approximate surface area is 90.6 Å². The largest absolute Gasteiger partial charge is 0.468 e. The Hall–Kier alpha value is -0.570. The van der Waals surface area contributed by atoms with Crippen molar-refractivity contribution >= 4 is 5.97 Å². The number of carbonyl (C=O) groups is 1. The lowest BCUT2D eigenvalue weighted by Gasteiger charge is -2.40. The second-order valence-corrected chi connectivity index (χ2v) is 5.94. The molecule has 3 heteroatoms. The van der Waals surface area contributed by atoms with Gasteiger partial charge in [-0.2, -0.15) is 0 Å². The predicted molar refractivity (Wildman–Crippen MR) is 56.3 cm³/mol. The van der Waals surface area contributed by atoms with Gasteiger partial charge in [0.1, 0.15) is 5.54 Å². The molecule has 4 bridgehead atoms. The van der Waals surface area contributed by atoms with Gasteiger partial charge in [0.05, 0.1) is 7.11 Å². The summed E-state index contributed by atoms with van der Waals surface area (Å²) in [5.74, 6) is 0.666. The predicted octanol–water partition coefficient (Wildman–Crippen LogP) is 1.33. The molecule has 3 nitrogen and oxygen atoms in total. The number of esters is 1. The molecule has 0 radical (unpaired) electrons. The van der Waals surface area contributed by atoms with E-state index in [1.807, 2.05) is 0 Å². The van der Waals surface area contributed by atoms with Crippen molar-refractivity contribution < 1.29 is 9.53 Å². The number of piperidine rings is 1. The molecule has 4 atom stereocenters. The van der Waals surface area contributed by atoms with Crippen molar-refractivity contribution in [3.63, 3.8) is 0 Å². The summed E-state index contributed by atoms with van der Waals surface area (Å²) in [6, 6.07) is 0. The van der Waals surface area contributed by atoms with Gasteiger partial charge in [-0.3, -0.25) is 4.79 Å². The standard InChI is InChI=1S/C12H19NO2/c1-10-7-13-12(9(14)15-3)6-8(10)4-5-11(10,12)2/h8,13H,4-7H2,1-3H3. The maximum Gasteiger partial charge on any atom is 0.326 e. The van der Waals surface area contributed by atoms with Crippen molar-refractivity contribution in [1.29, 1.82) is 0 Å². The normalized spacial score (nSPS) is 56.1. The molecule has 3 aliphatic rings. The maximum absolute atomic E-state index is 12.0. The van der Waals surface area contributed by atoms with Crippen LogP contribution < -0.4 is 5.32 Å². The van der Waals surface area contributed by atoms with Crippen LogP contribution in [0.5, 0.6) is 0 Å². The van der Waals surface area contributed by atoms with Gasteiger partial charge in [-0.05, 0) is 30.6 Å². The number of nitrogens with one attached hydrogen (secondary N) is 1. The summed E-state index contributed by atoms with van der Waals surface area (Å²) in [5, 5.41) is 3.46. The highest BCUT2D eigenvalue weighted by Crippen LogP contribution is 2.72. The zero-order valence-electron chi connectivity index (χ0n) is 9.72. The molecule has 0 aromatic rings. The number of carbonyl (C=O) groups excluding carboxylic acids is 1. The Kier molecular flexibility index (Phi) is 1.54. The van der Waals surface area contributed by atoms with Gasteiger partial charge in [-0.1, -0.05) is 13.8 Å². The first kappa shape index (κ1) is 9.64. The molecule has 1 aliphatic heterocycles. The summed E-state index contributed by atoms with van der Waals surface area (Å²) in [7, 11) is 1.50. The zero-order chi connectivity index (χ0) is 10.9. The second kappa shape index (κ2) is 2.40. The summed E-state index contributed by atoms with van der Waals surface area (Å²) in [6.45, 7) is 5.59. The second-order valence-electron chi connectivity index (χ2n) is 5.94. The third-order valence-corrected chi connectivity index (χ3v) is 5.94. The fourth-order valence-electron chi connectivity index (χ4n) is 4.64. The summed E-state index contributed by atoms with van der Waals surface area (Å²) in [6.07, 6.45) is 3.43. The lowest BCUT2D eigenvalue weighted by Crippen LogP contribution is -2.57. The van der Waals surface area contributed by atoms with Crippen LogP contribution in [0.3, 0.4) is 0 Å². The third kappa shape index (κ3) is 0.718. The van der Waals surface area contributed by atoms with E-state index in [0.717, 1.165) is 19.4 Å². The van der Waals surface area contributed by atoms with Crippen LogP contribution in [0.2, 0.25) is 0 Å². The minimum absolute atomic E-state index is 0.0454. The molecular formula is C12H19NO2. The fourth-order valence-corrected chi connectivity index (χ4v) is 4.64. The van der Waals surface area contributed by atoms with Gasteiger partial charge in [0.25, 0.3) is 0 Å². The van der Waals surface area contributed by atoms with E-state index in [1.54, 1.807) is 0 Å². The van der Waals surface area contributed by atoms with Crippen LogP contribution in [0.15, 0.2) is 0 Å². The number of ether oxygens (including phenoxy) is 1. The molecular weight excluding hydrogens is 190 g/mol. The molecule has 0 aromatic heterocycles. The van der Waals surface area contributed by atoms with Crippen LogP contribution >= 0.6 is 0 Å². The number of hydrogen-bond donors (Lipinski definition) is 1. The lowest BCUT2D eigenvalue weighted by molar-refractivity contribution is -0.153. The molecule has 1 saturated heterocycles. The summed E-state index contributed by atoms with van der Waals surface area (Å²) >= 11 is 0. The highest BCUT2D eigenvalue weighted by molar-refractivity contribution is 5.84. The molecule has 0 spiro atoms. The van der Waals surface area contributed by atoms with E-state index >= 15 is 0 Å². The van der Waals surface area contributed by atoms with Crippen molar-refractivity contribution in [2.75, 3.05) is 13.7 Å². The van der Waals surface area contributed by atoms with Crippen LogP contribution in [-0.2, 0) is 9.53 Å². The van der Waals surface area contributed by atoms with E-state index < -0.39 is 0 Å². The molecule has 4 unspecified atom stereocenters. The molecule has 84 valence electrons. The minimum atomic E-state index is -0.376. The third-order valence-electron chi connectivity index (χ3n) is 5.94. The maximum atomic E-state index is 12.0. The first-order valence-electron chi connectivity index (χ1n) is 5.84. The van der Waals surface area contributed by atoms with Crippen LogP contribution in [-0.4, -0.2) is 25.2 Å². The molecule has 0 amide bonds. The van der Waals surface area contributed by atoms with E-state index in [1.165, 1.54) is 13.5 Å². The lowest BCUT2D eigenvalue weighted by atomic mass is 9.66. The van der Waals surface area contributed by atoms with Gasteiger partial charge < -0.3 is 10.1 Å². The van der Waals surface area contributed by atoms with Gasteiger partial charge >= 0.3 is 5.97 Å². The molecule has 2 saturated carbocycles. The molecule has 3 rings (SSSR count). The van der Waals surface area contributed by atoms with Crippen molar-refractivity contribution in [2.45, 2.75) is 38.6 Å². The Morgan fingerprint density at radius 2 is 2.20 bits per heavy atom. The van der Waals surface area contributed by atoms with Crippen LogP contribution in [0, 0.1) is 16.7 Å². The van der Waals surface area contributed by atoms with E-state index in [4.69, 9.17) is 4.74 Å². The Morgan fingerprint density at radius 1 is 1.47 bits per heavy atom. The monoisotopic (exact) mass is 209 g/mol. The molecule has 15 heavy (non-hydrogen) atoms. The number of rotatable bonds is 1. The van der Waals surface area contributed by atoms with Gasteiger partial charge in [0, 0.05) is 12.0 Å². The number of hydrogen-bond acceptors (Lipinski definition) is 3. The molecule has 3 fully saturated rings. The van der Waals surface area contributed by atoms with Gasteiger partial charge in [-0.15, -0.1) is 0 Å². The summed E-state index contributed by atoms with van der Waals surface area (Å²) in [4.78, 5) is 12.0. The SMILES string of the molecule is COC(=O)C12CC3CCC1(C)C3(C)CN2. The van der Waals surface area contributed by atoms with Crippen LogP contribution in [0.4, 0.5) is 0 Å². The summed E-state index contributed by atoms with van der Waals surface area (Å²) in [5.41, 5.74) is 0.0400. The van der Waals surface area contributed by atoms with Crippen molar-refractivity contribution in [3.8, 4) is 0 Å². The topological polar surface area (TPSA) is 38.3 Å². The zero-order valence-corrected chi connectivity index (χ0v) is 9.72. The van der Waals surface area contributed by atoms with E-state index in [2.05, 4.69) is 19.2 Å². The van der Waals surface area contributed by atoms with Crippen molar-refractivity contribution in [3.05, 3.63) is 0 Å². The minimum Gasteiger partial charge on any atom is -0.468 e. The van der Waals surface area contributed by atoms with Gasteiger partial charge in [-0.25, -0.2) is 0 Å². The van der Waals surface area contributed by atoms with Gasteiger partial charge in [0.2, 0.25) is 0 Å². The average molecular weight is 209 g/mol. The Balaban J connectivity index is 2.12. The summed E-state index contributed by atoms with van der Waals surface area (Å²) < 4.78 is 5.02. The van der Waals surface area contributed by atoms with Crippen molar-refractivity contribution in [1.82, 2.24) is 5.32 Å². The van der Waals surface area contributed by atoms with E-state index in [0.29, 0.717) is 11.3 Å². The average Bonchev–Trinajstić information content (AvgIpc) is 2.70. The van der Waals surface area contributed by atoms with Crippen LogP contribution in [0.25, 0.3) is 0 Å². The fraction of sp³-hybridized carbons (Fsp3) is 0.917. The molecule has 1 N–H and O–H groups in total. The highest BCUT2D eigenvalue weighted by atomic mass is 16.5.